The van der Waals surface area contributed by atoms with Crippen LogP contribution >= 0.6 is 0 Å². The molecule has 0 saturated carbocycles. The topological polar surface area (TPSA) is 94.3 Å². The molecule has 0 radical (unpaired) electrons. The Kier molecular flexibility index (Phi) is 5.48. The third kappa shape index (κ3) is 3.97. The first-order valence-electron chi connectivity index (χ1n) is 4.84. The lowest BCUT2D eigenvalue weighted by Gasteiger charge is -2.15. The highest BCUT2D eigenvalue weighted by molar-refractivity contribution is 5.40. The van der Waals surface area contributed by atoms with Crippen molar-refractivity contribution in [2.75, 3.05) is 38.1 Å². The van der Waals surface area contributed by atoms with Gasteiger partial charge in [0.2, 0.25) is 0 Å². The Morgan fingerprint density at radius 3 is 2.75 bits per heavy atom. The number of nitrogens with two attached hydrogens (primary N) is 1. The van der Waals surface area contributed by atoms with Crippen LogP contribution in [0, 0.1) is 0 Å². The first-order chi connectivity index (χ1) is 7.80. The molecular formula is C9H17N5O2. The Hall–Kier alpha value is -1.44. The predicted molar refractivity (Wildman–Crippen MR) is 61.0 cm³/mol. The summed E-state index contributed by atoms with van der Waals surface area (Å²) in [4.78, 5) is 8.12. The maximum absolute atomic E-state index is 5.22. The summed E-state index contributed by atoms with van der Waals surface area (Å²) in [6.45, 7) is 1.11. The lowest BCUT2D eigenvalue weighted by atomic mass is 10.3. The Labute approximate surface area is 94.3 Å². The number of nitrogens with one attached hydrogen (secondary N) is 2. The van der Waals surface area contributed by atoms with Crippen LogP contribution < -0.4 is 16.6 Å². The summed E-state index contributed by atoms with van der Waals surface area (Å²) in [7, 11) is 3.26. The summed E-state index contributed by atoms with van der Waals surface area (Å²) >= 11 is 0. The van der Waals surface area contributed by atoms with Crippen LogP contribution in [0.3, 0.4) is 0 Å². The highest BCUT2D eigenvalue weighted by Crippen LogP contribution is 2.05. The van der Waals surface area contributed by atoms with E-state index in [0.29, 0.717) is 24.8 Å². The molecule has 0 aliphatic heterocycles. The average molecular weight is 227 g/mol. The molecule has 0 fully saturated rings. The molecule has 1 aromatic rings. The van der Waals surface area contributed by atoms with Crippen molar-refractivity contribution >= 4 is 11.6 Å². The SMILES string of the molecule is COCC(CNc1cncc(NN)n1)OC. The first-order valence-corrected chi connectivity index (χ1v) is 4.84. The zero-order valence-corrected chi connectivity index (χ0v) is 9.43. The van der Waals surface area contributed by atoms with E-state index in [2.05, 4.69) is 20.7 Å². The van der Waals surface area contributed by atoms with Gasteiger partial charge >= 0.3 is 0 Å². The van der Waals surface area contributed by atoms with Gasteiger partial charge in [-0.15, -0.1) is 0 Å². The van der Waals surface area contributed by atoms with Crippen molar-refractivity contribution in [3.05, 3.63) is 12.4 Å². The standard InChI is InChI=1S/C9H17N5O2/c1-15-6-7(16-2)3-12-8-4-11-5-9(13-8)14-10/h4-5,7H,3,6,10H2,1-2H3,(H2,12,13,14). The largest absolute Gasteiger partial charge is 0.382 e. The fourth-order valence-corrected chi connectivity index (χ4v) is 1.14. The molecule has 0 aliphatic rings. The molecule has 16 heavy (non-hydrogen) atoms. The monoisotopic (exact) mass is 227 g/mol. The summed E-state index contributed by atoms with van der Waals surface area (Å²) in [6, 6.07) is 0. The number of anilines is 2. The minimum absolute atomic E-state index is 0.0266. The molecule has 90 valence electrons. The van der Waals surface area contributed by atoms with Crippen molar-refractivity contribution in [2.45, 2.75) is 6.10 Å². The minimum atomic E-state index is -0.0266. The van der Waals surface area contributed by atoms with Gasteiger partial charge in [0.1, 0.15) is 5.82 Å². The van der Waals surface area contributed by atoms with E-state index in [0.717, 1.165) is 0 Å². The first kappa shape index (κ1) is 12.6. The van der Waals surface area contributed by atoms with Gasteiger partial charge in [-0.3, -0.25) is 4.98 Å². The van der Waals surface area contributed by atoms with E-state index < -0.39 is 0 Å². The lowest BCUT2D eigenvalue weighted by Crippen LogP contribution is -2.27. The smallest absolute Gasteiger partial charge is 0.160 e. The Morgan fingerprint density at radius 2 is 2.12 bits per heavy atom. The van der Waals surface area contributed by atoms with Crippen molar-refractivity contribution < 1.29 is 9.47 Å². The van der Waals surface area contributed by atoms with Gasteiger partial charge in [0.15, 0.2) is 5.82 Å². The number of hydrogen-bond acceptors (Lipinski definition) is 7. The van der Waals surface area contributed by atoms with E-state index in [9.17, 15) is 0 Å². The van der Waals surface area contributed by atoms with Gasteiger partial charge in [-0.25, -0.2) is 10.8 Å². The van der Waals surface area contributed by atoms with Crippen molar-refractivity contribution in [3.8, 4) is 0 Å². The molecule has 1 atom stereocenters. The number of ether oxygens (including phenoxy) is 2. The van der Waals surface area contributed by atoms with Crippen LogP contribution in [0.15, 0.2) is 12.4 Å². The molecule has 0 amide bonds. The quantitative estimate of drug-likeness (QED) is 0.440. The summed E-state index contributed by atoms with van der Waals surface area (Å²) in [5, 5.41) is 3.08. The lowest BCUT2D eigenvalue weighted by molar-refractivity contribution is 0.0365. The number of methoxy groups -OCH3 is 2. The number of rotatable bonds is 7. The molecule has 0 aromatic carbocycles. The fourth-order valence-electron chi connectivity index (χ4n) is 1.14. The van der Waals surface area contributed by atoms with Crippen molar-refractivity contribution in [2.24, 2.45) is 5.84 Å². The molecule has 0 bridgehead atoms. The van der Waals surface area contributed by atoms with Crippen LogP contribution in [0.25, 0.3) is 0 Å². The molecule has 4 N–H and O–H groups in total. The summed E-state index contributed by atoms with van der Waals surface area (Å²) in [6.07, 6.45) is 3.12. The predicted octanol–water partition coefficient (Wildman–Crippen LogP) is -0.164. The zero-order valence-electron chi connectivity index (χ0n) is 9.43. The van der Waals surface area contributed by atoms with Crippen molar-refractivity contribution in [1.82, 2.24) is 9.97 Å². The van der Waals surface area contributed by atoms with Gasteiger partial charge in [-0.05, 0) is 0 Å². The van der Waals surface area contributed by atoms with Crippen LogP contribution in [0.1, 0.15) is 0 Å². The molecular weight excluding hydrogens is 210 g/mol. The van der Waals surface area contributed by atoms with Crippen LogP contribution in [0.2, 0.25) is 0 Å². The number of nitrogen functional groups attached to an aromatic ring is 1. The Bertz CT molecular complexity index is 310. The molecule has 7 nitrogen and oxygen atoms in total. The highest BCUT2D eigenvalue weighted by atomic mass is 16.5. The fraction of sp³-hybridized carbons (Fsp3) is 0.556. The molecule has 1 aromatic heterocycles. The second kappa shape index (κ2) is 6.94. The number of nitrogens with zero attached hydrogens (tertiary/aromatic N) is 2. The Balaban J connectivity index is 2.46. The van der Waals surface area contributed by atoms with E-state index in [1.165, 1.54) is 6.20 Å². The number of hydrazine groups is 1. The molecule has 0 saturated heterocycles. The minimum Gasteiger partial charge on any atom is -0.382 e. The second-order valence-corrected chi connectivity index (χ2v) is 3.13. The van der Waals surface area contributed by atoms with E-state index in [1.54, 1.807) is 20.4 Å². The van der Waals surface area contributed by atoms with Crippen LogP contribution in [-0.2, 0) is 9.47 Å². The molecule has 1 rings (SSSR count). The molecule has 1 unspecified atom stereocenters. The normalized spacial score (nSPS) is 12.2. The third-order valence-electron chi connectivity index (χ3n) is 1.98. The van der Waals surface area contributed by atoms with Crippen LogP contribution in [0.4, 0.5) is 11.6 Å². The highest BCUT2D eigenvalue weighted by Gasteiger charge is 2.06. The van der Waals surface area contributed by atoms with E-state index in [-0.39, 0.29) is 6.10 Å². The summed E-state index contributed by atoms with van der Waals surface area (Å²) < 4.78 is 10.2. The van der Waals surface area contributed by atoms with Gasteiger partial charge in [0, 0.05) is 20.8 Å². The molecule has 1 heterocycles. The average Bonchev–Trinajstić information content (AvgIpc) is 2.34. The number of aromatic nitrogens is 2. The van der Waals surface area contributed by atoms with Crippen LogP contribution in [0.5, 0.6) is 0 Å². The van der Waals surface area contributed by atoms with Gasteiger partial charge in [-0.1, -0.05) is 0 Å². The molecule has 7 heteroatoms. The van der Waals surface area contributed by atoms with E-state index in [4.69, 9.17) is 15.3 Å². The van der Waals surface area contributed by atoms with Crippen molar-refractivity contribution in [1.29, 1.82) is 0 Å². The van der Waals surface area contributed by atoms with Gasteiger partial charge in [0.25, 0.3) is 0 Å². The molecule has 0 spiro atoms. The van der Waals surface area contributed by atoms with E-state index in [1.807, 2.05) is 0 Å². The summed E-state index contributed by atoms with van der Waals surface area (Å²) in [5.41, 5.74) is 2.42. The third-order valence-corrected chi connectivity index (χ3v) is 1.98. The van der Waals surface area contributed by atoms with Crippen LogP contribution in [-0.4, -0.2) is 43.4 Å². The zero-order chi connectivity index (χ0) is 11.8. The van der Waals surface area contributed by atoms with Crippen molar-refractivity contribution in [3.63, 3.8) is 0 Å². The molecule has 0 aliphatic carbocycles. The Morgan fingerprint density at radius 1 is 1.38 bits per heavy atom. The maximum atomic E-state index is 5.22. The van der Waals surface area contributed by atoms with E-state index >= 15 is 0 Å². The number of hydrogen-bond donors (Lipinski definition) is 3. The van der Waals surface area contributed by atoms with Gasteiger partial charge < -0.3 is 20.2 Å². The van der Waals surface area contributed by atoms with Gasteiger partial charge in [-0.2, -0.15) is 0 Å². The van der Waals surface area contributed by atoms with Gasteiger partial charge in [0.05, 0.1) is 25.1 Å². The summed E-state index contributed by atoms with van der Waals surface area (Å²) in [5.74, 6) is 6.36. The maximum Gasteiger partial charge on any atom is 0.160 e. The second-order valence-electron chi connectivity index (χ2n) is 3.13.